The van der Waals surface area contributed by atoms with Crippen LogP contribution in [0.2, 0.25) is 10.0 Å². The Morgan fingerprint density at radius 2 is 1.97 bits per heavy atom. The Morgan fingerprint density at radius 3 is 2.68 bits per heavy atom. The minimum Gasteiger partial charge on any atom is -0.495 e. The Hall–Kier alpha value is -2.26. The summed E-state index contributed by atoms with van der Waals surface area (Å²) in [5.74, 6) is 0.0544. The normalized spacial score (nSPS) is 17.3. The number of hydrogen-bond acceptors (Lipinski definition) is 6. The van der Waals surface area contributed by atoms with E-state index in [2.05, 4.69) is 10.3 Å². The Kier molecular flexibility index (Phi) is 8.20. The molecule has 1 aliphatic heterocycles. The molecule has 1 atom stereocenters. The Balaban J connectivity index is 1.76. The summed E-state index contributed by atoms with van der Waals surface area (Å²) in [5.41, 5.74) is 1.11. The molecule has 0 aliphatic carbocycles. The van der Waals surface area contributed by atoms with E-state index in [1.54, 1.807) is 43.5 Å². The van der Waals surface area contributed by atoms with Gasteiger partial charge in [-0.15, -0.1) is 0 Å². The van der Waals surface area contributed by atoms with Crippen molar-refractivity contribution >= 4 is 63.3 Å². The van der Waals surface area contributed by atoms with Crippen molar-refractivity contribution in [1.82, 2.24) is 4.90 Å². The van der Waals surface area contributed by atoms with E-state index in [1.807, 2.05) is 6.07 Å². The second kappa shape index (κ2) is 10.9. The molecule has 1 aliphatic rings. The van der Waals surface area contributed by atoms with Crippen LogP contribution in [0.25, 0.3) is 0 Å². The molecule has 0 aromatic heterocycles. The van der Waals surface area contributed by atoms with Crippen LogP contribution in [0.3, 0.4) is 0 Å². The zero-order valence-electron chi connectivity index (χ0n) is 16.9. The van der Waals surface area contributed by atoms with Crippen molar-refractivity contribution in [2.45, 2.75) is 11.7 Å². The molecule has 10 heteroatoms. The first-order valence-corrected chi connectivity index (χ1v) is 11.0. The quantitative estimate of drug-likeness (QED) is 0.595. The lowest BCUT2D eigenvalue weighted by Crippen LogP contribution is -2.35. The first-order chi connectivity index (χ1) is 14.9. The standard InChI is InChI=1S/C21H21Cl2N3O4S/c1-29-10-9-26-20(28)18(12-19(27)25-16-5-3-4-6-17(16)30-2)31-21(26)24-13-7-8-14(22)15(23)11-13/h3-8,11,18H,9-10,12H2,1-2H3,(H,25,27). The van der Waals surface area contributed by atoms with E-state index in [0.717, 1.165) is 0 Å². The molecule has 2 amide bonds. The topological polar surface area (TPSA) is 80.2 Å². The van der Waals surface area contributed by atoms with Gasteiger partial charge in [-0.2, -0.15) is 0 Å². The number of carbonyl (C=O) groups is 2. The fourth-order valence-corrected chi connectivity index (χ4v) is 4.37. The SMILES string of the molecule is COCCN1C(=O)C(CC(=O)Nc2ccccc2OC)SC1=Nc1ccc(Cl)c(Cl)c1. The lowest BCUT2D eigenvalue weighted by Gasteiger charge is -2.16. The number of amides is 2. The highest BCUT2D eigenvalue weighted by molar-refractivity contribution is 8.15. The molecule has 31 heavy (non-hydrogen) atoms. The summed E-state index contributed by atoms with van der Waals surface area (Å²) < 4.78 is 10.4. The van der Waals surface area contributed by atoms with Gasteiger partial charge < -0.3 is 14.8 Å². The molecule has 1 fully saturated rings. The molecule has 1 N–H and O–H groups in total. The Labute approximate surface area is 194 Å². The molecule has 2 aromatic carbocycles. The number of para-hydroxylation sites is 2. The number of methoxy groups -OCH3 is 2. The fourth-order valence-electron chi connectivity index (χ4n) is 2.90. The molecule has 0 spiro atoms. The number of amidine groups is 1. The van der Waals surface area contributed by atoms with E-state index in [1.165, 1.54) is 23.8 Å². The second-order valence-electron chi connectivity index (χ2n) is 6.53. The van der Waals surface area contributed by atoms with Gasteiger partial charge in [0.1, 0.15) is 11.0 Å². The van der Waals surface area contributed by atoms with Crippen LogP contribution in [0.4, 0.5) is 11.4 Å². The van der Waals surface area contributed by atoms with Gasteiger partial charge in [-0.1, -0.05) is 47.1 Å². The number of anilines is 1. The van der Waals surface area contributed by atoms with E-state index in [0.29, 0.717) is 45.5 Å². The summed E-state index contributed by atoms with van der Waals surface area (Å²) in [7, 11) is 3.09. The zero-order valence-corrected chi connectivity index (χ0v) is 19.3. The highest BCUT2D eigenvalue weighted by atomic mass is 35.5. The molecule has 0 bridgehead atoms. The summed E-state index contributed by atoms with van der Waals surface area (Å²) in [6.07, 6.45) is -0.00851. The first kappa shape index (κ1) is 23.4. The maximum Gasteiger partial charge on any atom is 0.242 e. The van der Waals surface area contributed by atoms with Gasteiger partial charge in [0.15, 0.2) is 5.17 Å². The number of ether oxygens (including phenoxy) is 2. The van der Waals surface area contributed by atoms with Gasteiger partial charge in [0.05, 0.1) is 41.7 Å². The third-order valence-corrected chi connectivity index (χ3v) is 6.33. The molecule has 1 heterocycles. The van der Waals surface area contributed by atoms with Crippen molar-refractivity contribution in [1.29, 1.82) is 0 Å². The van der Waals surface area contributed by atoms with E-state index < -0.39 is 5.25 Å². The van der Waals surface area contributed by atoms with Gasteiger partial charge in [0.2, 0.25) is 11.8 Å². The maximum absolute atomic E-state index is 13.0. The van der Waals surface area contributed by atoms with Crippen molar-refractivity contribution < 1.29 is 19.1 Å². The van der Waals surface area contributed by atoms with Gasteiger partial charge in [-0.25, -0.2) is 4.99 Å². The number of halogens is 2. The molecule has 1 saturated heterocycles. The Bertz CT molecular complexity index is 1000. The monoisotopic (exact) mass is 481 g/mol. The van der Waals surface area contributed by atoms with Gasteiger partial charge in [-0.05, 0) is 30.3 Å². The molecule has 0 saturated carbocycles. The largest absolute Gasteiger partial charge is 0.495 e. The van der Waals surface area contributed by atoms with Crippen molar-refractivity contribution in [2.75, 3.05) is 32.7 Å². The Morgan fingerprint density at radius 1 is 1.19 bits per heavy atom. The van der Waals surface area contributed by atoms with Crippen LogP contribution >= 0.6 is 35.0 Å². The van der Waals surface area contributed by atoms with Crippen LogP contribution in [0.1, 0.15) is 6.42 Å². The highest BCUT2D eigenvalue weighted by Gasteiger charge is 2.39. The van der Waals surface area contributed by atoms with Gasteiger partial charge in [0, 0.05) is 13.5 Å². The van der Waals surface area contributed by atoms with Gasteiger partial charge in [-0.3, -0.25) is 14.5 Å². The molecule has 2 aromatic rings. The molecule has 3 rings (SSSR count). The van der Waals surface area contributed by atoms with Crippen molar-refractivity contribution in [3.8, 4) is 5.75 Å². The van der Waals surface area contributed by atoms with Crippen LogP contribution in [-0.4, -0.2) is 54.5 Å². The summed E-state index contributed by atoms with van der Waals surface area (Å²) in [6.45, 7) is 0.667. The predicted molar refractivity (Wildman–Crippen MR) is 125 cm³/mol. The molecule has 164 valence electrons. The lowest BCUT2D eigenvalue weighted by atomic mass is 10.2. The van der Waals surface area contributed by atoms with Gasteiger partial charge >= 0.3 is 0 Å². The minimum absolute atomic E-state index is 0.00851. The van der Waals surface area contributed by atoms with Crippen molar-refractivity contribution in [3.63, 3.8) is 0 Å². The zero-order chi connectivity index (χ0) is 22.4. The van der Waals surface area contributed by atoms with E-state index >= 15 is 0 Å². The third kappa shape index (κ3) is 5.92. The summed E-state index contributed by atoms with van der Waals surface area (Å²) >= 11 is 13.3. The van der Waals surface area contributed by atoms with Crippen LogP contribution < -0.4 is 10.1 Å². The maximum atomic E-state index is 13.0. The molecule has 1 unspecified atom stereocenters. The number of nitrogens with one attached hydrogen (secondary N) is 1. The fraction of sp³-hybridized carbons (Fsp3) is 0.286. The van der Waals surface area contributed by atoms with Crippen LogP contribution in [0.15, 0.2) is 47.5 Å². The molecule has 7 nitrogen and oxygen atoms in total. The van der Waals surface area contributed by atoms with Crippen LogP contribution in [-0.2, 0) is 14.3 Å². The highest BCUT2D eigenvalue weighted by Crippen LogP contribution is 2.34. The molecule has 0 radical (unpaired) electrons. The number of thioether (sulfide) groups is 1. The minimum atomic E-state index is -0.604. The predicted octanol–water partition coefficient (Wildman–Crippen LogP) is 4.61. The first-order valence-electron chi connectivity index (χ1n) is 9.36. The average Bonchev–Trinajstić information content (AvgIpc) is 3.03. The number of benzene rings is 2. The molecular formula is C21H21Cl2N3O4S. The smallest absolute Gasteiger partial charge is 0.242 e. The van der Waals surface area contributed by atoms with E-state index in [4.69, 9.17) is 32.7 Å². The summed E-state index contributed by atoms with van der Waals surface area (Å²) in [6, 6.07) is 12.1. The van der Waals surface area contributed by atoms with E-state index in [-0.39, 0.29) is 18.2 Å². The van der Waals surface area contributed by atoms with Crippen LogP contribution in [0, 0.1) is 0 Å². The van der Waals surface area contributed by atoms with Crippen molar-refractivity contribution in [2.24, 2.45) is 4.99 Å². The number of nitrogens with zero attached hydrogens (tertiary/aromatic N) is 2. The number of carbonyl (C=O) groups excluding carboxylic acids is 2. The lowest BCUT2D eigenvalue weighted by molar-refractivity contribution is -0.128. The van der Waals surface area contributed by atoms with Crippen molar-refractivity contribution in [3.05, 3.63) is 52.5 Å². The van der Waals surface area contributed by atoms with Gasteiger partial charge in [0.25, 0.3) is 0 Å². The summed E-state index contributed by atoms with van der Waals surface area (Å²) in [5, 5.41) is 3.47. The summed E-state index contributed by atoms with van der Waals surface area (Å²) in [4.78, 5) is 31.6. The van der Waals surface area contributed by atoms with E-state index in [9.17, 15) is 9.59 Å². The third-order valence-electron chi connectivity index (χ3n) is 4.42. The number of hydrogen-bond donors (Lipinski definition) is 1. The second-order valence-corrected chi connectivity index (χ2v) is 8.52. The number of aliphatic imine (C=N–C) groups is 1. The number of rotatable bonds is 8. The molecular weight excluding hydrogens is 461 g/mol. The average molecular weight is 482 g/mol. The van der Waals surface area contributed by atoms with Crippen LogP contribution in [0.5, 0.6) is 5.75 Å².